The van der Waals surface area contributed by atoms with Gasteiger partial charge in [-0.05, 0) is 37.3 Å². The van der Waals surface area contributed by atoms with Crippen LogP contribution in [0.15, 0.2) is 18.3 Å². The van der Waals surface area contributed by atoms with Crippen LogP contribution in [-0.2, 0) is 0 Å². The van der Waals surface area contributed by atoms with E-state index in [-0.39, 0.29) is 0 Å². The van der Waals surface area contributed by atoms with Crippen LogP contribution in [-0.4, -0.2) is 23.2 Å². The zero-order valence-electron chi connectivity index (χ0n) is 10.8. The fourth-order valence-electron chi connectivity index (χ4n) is 2.26. The van der Waals surface area contributed by atoms with Crippen LogP contribution >= 0.6 is 0 Å². The third-order valence-electron chi connectivity index (χ3n) is 3.65. The molecule has 1 saturated heterocycles. The second-order valence-electron chi connectivity index (χ2n) is 5.03. The molecule has 3 nitrogen and oxygen atoms in total. The molecule has 1 fully saturated rings. The molecule has 0 spiro atoms. The van der Waals surface area contributed by atoms with Crippen molar-refractivity contribution in [3.05, 3.63) is 24.0 Å². The Morgan fingerprint density at radius 2 is 2.12 bits per heavy atom. The highest BCUT2D eigenvalue weighted by molar-refractivity contribution is 5.45. The highest BCUT2D eigenvalue weighted by atomic mass is 16.3. The first-order valence-corrected chi connectivity index (χ1v) is 6.59. The quantitative estimate of drug-likeness (QED) is 0.873. The number of hydrogen-bond donors (Lipinski definition) is 1. The van der Waals surface area contributed by atoms with Crippen LogP contribution in [0.2, 0.25) is 0 Å². The molecule has 1 atom stereocenters. The molecule has 1 aromatic rings. The molecule has 0 saturated carbocycles. The van der Waals surface area contributed by atoms with Gasteiger partial charge in [0.1, 0.15) is 0 Å². The van der Waals surface area contributed by atoms with E-state index in [4.69, 9.17) is 0 Å². The average Bonchev–Trinajstić information content (AvgIpc) is 2.39. The van der Waals surface area contributed by atoms with E-state index in [9.17, 15) is 5.11 Å². The van der Waals surface area contributed by atoms with E-state index in [1.54, 1.807) is 0 Å². The van der Waals surface area contributed by atoms with Gasteiger partial charge < -0.3 is 10.0 Å². The molecule has 1 aliphatic heterocycles. The van der Waals surface area contributed by atoms with Crippen LogP contribution in [0.5, 0.6) is 0 Å². The number of aromatic nitrogens is 1. The van der Waals surface area contributed by atoms with Gasteiger partial charge in [0.25, 0.3) is 0 Å². The van der Waals surface area contributed by atoms with Gasteiger partial charge in [-0.3, -0.25) is 4.98 Å². The number of piperidine rings is 1. The number of aliphatic hydroxyl groups is 1. The summed E-state index contributed by atoms with van der Waals surface area (Å²) in [5.74, 6) is 0.848. The highest BCUT2D eigenvalue weighted by Gasteiger charge is 2.16. The average molecular weight is 234 g/mol. The Morgan fingerprint density at radius 3 is 2.65 bits per heavy atom. The first-order valence-electron chi connectivity index (χ1n) is 6.59. The molecule has 3 heteroatoms. The number of anilines is 1. The monoisotopic (exact) mass is 234 g/mol. The summed E-state index contributed by atoms with van der Waals surface area (Å²) in [6.45, 7) is 6.53. The minimum atomic E-state index is -0.426. The van der Waals surface area contributed by atoms with E-state index in [0.29, 0.717) is 6.42 Å². The van der Waals surface area contributed by atoms with Crippen molar-refractivity contribution in [2.24, 2.45) is 5.92 Å². The molecular weight excluding hydrogens is 212 g/mol. The second-order valence-corrected chi connectivity index (χ2v) is 5.03. The Hall–Kier alpha value is -1.09. The number of rotatable bonds is 3. The highest BCUT2D eigenvalue weighted by Crippen LogP contribution is 2.23. The van der Waals surface area contributed by atoms with Crippen molar-refractivity contribution < 1.29 is 5.11 Å². The van der Waals surface area contributed by atoms with Gasteiger partial charge >= 0.3 is 0 Å². The molecule has 1 N–H and O–H groups in total. The summed E-state index contributed by atoms with van der Waals surface area (Å²) in [6, 6.07) is 4.03. The van der Waals surface area contributed by atoms with Gasteiger partial charge in [-0.25, -0.2) is 0 Å². The van der Waals surface area contributed by atoms with Gasteiger partial charge in [0.05, 0.1) is 23.7 Å². The Kier molecular flexibility index (Phi) is 4.00. The summed E-state index contributed by atoms with van der Waals surface area (Å²) < 4.78 is 0. The van der Waals surface area contributed by atoms with Crippen LogP contribution in [0.1, 0.15) is 44.9 Å². The molecule has 0 aromatic carbocycles. The van der Waals surface area contributed by atoms with Gasteiger partial charge in [-0.2, -0.15) is 0 Å². The van der Waals surface area contributed by atoms with Crippen molar-refractivity contribution in [3.8, 4) is 0 Å². The molecule has 1 aromatic heterocycles. The molecule has 0 bridgehead atoms. The van der Waals surface area contributed by atoms with Crippen LogP contribution < -0.4 is 4.90 Å². The van der Waals surface area contributed by atoms with Crippen molar-refractivity contribution in [1.82, 2.24) is 4.98 Å². The molecule has 17 heavy (non-hydrogen) atoms. The first-order chi connectivity index (χ1) is 8.20. The molecule has 0 aliphatic carbocycles. The van der Waals surface area contributed by atoms with E-state index >= 15 is 0 Å². The minimum absolute atomic E-state index is 0.426. The molecule has 2 heterocycles. The minimum Gasteiger partial charge on any atom is -0.387 e. The first kappa shape index (κ1) is 12.4. The van der Waals surface area contributed by atoms with E-state index in [1.807, 2.05) is 19.2 Å². The van der Waals surface area contributed by atoms with Gasteiger partial charge in [0.15, 0.2) is 0 Å². The van der Waals surface area contributed by atoms with Crippen molar-refractivity contribution >= 4 is 5.69 Å². The topological polar surface area (TPSA) is 36.4 Å². The molecule has 1 unspecified atom stereocenters. The van der Waals surface area contributed by atoms with Crippen LogP contribution in [0.25, 0.3) is 0 Å². The third kappa shape index (κ3) is 2.97. The Morgan fingerprint density at radius 1 is 1.41 bits per heavy atom. The lowest BCUT2D eigenvalue weighted by Gasteiger charge is -2.32. The SMILES string of the molecule is CCC(O)c1ccc(N2CCC(C)CC2)cn1. The van der Waals surface area contributed by atoms with Crippen molar-refractivity contribution in [2.75, 3.05) is 18.0 Å². The Balaban J connectivity index is 2.02. The molecule has 94 valence electrons. The molecule has 0 amide bonds. The maximum Gasteiger partial charge on any atom is 0.0957 e. The fraction of sp³-hybridized carbons (Fsp3) is 0.643. The van der Waals surface area contributed by atoms with Crippen LogP contribution in [0.3, 0.4) is 0 Å². The summed E-state index contributed by atoms with van der Waals surface area (Å²) in [5, 5.41) is 9.69. The predicted octanol–water partition coefficient (Wildman–Crippen LogP) is 2.76. The van der Waals surface area contributed by atoms with Gasteiger partial charge in [0, 0.05) is 13.1 Å². The van der Waals surface area contributed by atoms with E-state index in [2.05, 4.69) is 22.9 Å². The van der Waals surface area contributed by atoms with Crippen molar-refractivity contribution in [1.29, 1.82) is 0 Å². The van der Waals surface area contributed by atoms with Gasteiger partial charge in [-0.1, -0.05) is 13.8 Å². The molecule has 2 rings (SSSR count). The van der Waals surface area contributed by atoms with Gasteiger partial charge in [0.2, 0.25) is 0 Å². The molecule has 1 aliphatic rings. The van der Waals surface area contributed by atoms with Crippen LogP contribution in [0, 0.1) is 5.92 Å². The van der Waals surface area contributed by atoms with Crippen molar-refractivity contribution in [3.63, 3.8) is 0 Å². The summed E-state index contributed by atoms with van der Waals surface area (Å²) in [4.78, 5) is 6.74. The molecular formula is C14H22N2O. The van der Waals surface area contributed by atoms with Crippen LogP contribution in [0.4, 0.5) is 5.69 Å². The number of hydrogen-bond acceptors (Lipinski definition) is 3. The van der Waals surface area contributed by atoms with E-state index in [0.717, 1.165) is 24.7 Å². The second kappa shape index (κ2) is 5.50. The lowest BCUT2D eigenvalue weighted by atomic mass is 9.99. The fourth-order valence-corrected chi connectivity index (χ4v) is 2.26. The zero-order valence-corrected chi connectivity index (χ0v) is 10.8. The standard InChI is InChI=1S/C14H22N2O/c1-3-14(17)13-5-4-12(10-15-13)16-8-6-11(2)7-9-16/h4-5,10-11,14,17H,3,6-9H2,1-2H3. The normalized spacial score (nSPS) is 19.4. The smallest absolute Gasteiger partial charge is 0.0957 e. The summed E-state index contributed by atoms with van der Waals surface area (Å²) in [7, 11) is 0. The summed E-state index contributed by atoms with van der Waals surface area (Å²) in [5.41, 5.74) is 1.96. The number of nitrogens with zero attached hydrogens (tertiary/aromatic N) is 2. The third-order valence-corrected chi connectivity index (χ3v) is 3.65. The predicted molar refractivity (Wildman–Crippen MR) is 70.1 cm³/mol. The summed E-state index contributed by atoms with van der Waals surface area (Å²) >= 11 is 0. The lowest BCUT2D eigenvalue weighted by molar-refractivity contribution is 0.169. The molecule has 0 radical (unpaired) electrons. The maximum atomic E-state index is 9.69. The van der Waals surface area contributed by atoms with Crippen molar-refractivity contribution in [2.45, 2.75) is 39.2 Å². The number of pyridine rings is 1. The summed E-state index contributed by atoms with van der Waals surface area (Å²) in [6.07, 6.45) is 4.71. The Bertz CT molecular complexity index is 342. The van der Waals surface area contributed by atoms with E-state index < -0.39 is 6.10 Å². The largest absolute Gasteiger partial charge is 0.387 e. The lowest BCUT2D eigenvalue weighted by Crippen LogP contribution is -2.32. The Labute approximate surface area is 103 Å². The van der Waals surface area contributed by atoms with E-state index in [1.165, 1.54) is 18.5 Å². The number of aliphatic hydroxyl groups excluding tert-OH is 1. The maximum absolute atomic E-state index is 9.69. The van der Waals surface area contributed by atoms with Gasteiger partial charge in [-0.15, -0.1) is 0 Å². The zero-order chi connectivity index (χ0) is 12.3.